The SMILES string of the molecule is CNC(=O)c1ccc(N[C]=O)cc1. The van der Waals surface area contributed by atoms with Crippen molar-refractivity contribution in [3.05, 3.63) is 29.8 Å². The zero-order valence-corrected chi connectivity index (χ0v) is 7.13. The molecule has 2 N–H and O–H groups in total. The molecule has 0 aliphatic heterocycles. The number of benzene rings is 1. The van der Waals surface area contributed by atoms with Crippen LogP contribution in [-0.4, -0.2) is 19.4 Å². The molecule has 0 atom stereocenters. The Morgan fingerprint density at radius 2 is 1.92 bits per heavy atom. The van der Waals surface area contributed by atoms with E-state index in [1.54, 1.807) is 37.7 Å². The van der Waals surface area contributed by atoms with Crippen LogP contribution in [0.2, 0.25) is 0 Å². The summed E-state index contributed by atoms with van der Waals surface area (Å²) in [5.41, 5.74) is 1.17. The molecule has 1 aromatic carbocycles. The van der Waals surface area contributed by atoms with Gasteiger partial charge in [0.15, 0.2) is 0 Å². The Bertz CT molecular complexity index is 306. The van der Waals surface area contributed by atoms with Crippen LogP contribution in [0.15, 0.2) is 24.3 Å². The molecule has 4 heteroatoms. The third-order valence-corrected chi connectivity index (χ3v) is 1.57. The molecule has 0 saturated carbocycles. The average Bonchev–Trinajstić information content (AvgIpc) is 2.18. The van der Waals surface area contributed by atoms with Crippen LogP contribution >= 0.6 is 0 Å². The minimum absolute atomic E-state index is 0.151. The zero-order valence-electron chi connectivity index (χ0n) is 7.13. The van der Waals surface area contributed by atoms with E-state index < -0.39 is 0 Å². The summed E-state index contributed by atoms with van der Waals surface area (Å²) in [7, 11) is 1.56. The van der Waals surface area contributed by atoms with Crippen LogP contribution in [-0.2, 0) is 4.79 Å². The summed E-state index contributed by atoms with van der Waals surface area (Å²) >= 11 is 0. The van der Waals surface area contributed by atoms with Crippen LogP contribution in [0, 0.1) is 0 Å². The highest BCUT2D eigenvalue weighted by molar-refractivity contribution is 5.94. The van der Waals surface area contributed by atoms with Gasteiger partial charge in [-0.1, -0.05) is 0 Å². The fourth-order valence-corrected chi connectivity index (χ4v) is 0.908. The van der Waals surface area contributed by atoms with Crippen LogP contribution in [0.4, 0.5) is 5.69 Å². The summed E-state index contributed by atoms with van der Waals surface area (Å²) in [6.45, 7) is 0. The van der Waals surface area contributed by atoms with Crippen molar-refractivity contribution in [3.63, 3.8) is 0 Å². The second-order valence-corrected chi connectivity index (χ2v) is 2.38. The number of carbonyl (C=O) groups is 1. The number of hydrogen-bond acceptors (Lipinski definition) is 2. The molecule has 0 aromatic heterocycles. The van der Waals surface area contributed by atoms with E-state index in [2.05, 4.69) is 10.6 Å². The molecule has 67 valence electrons. The van der Waals surface area contributed by atoms with Gasteiger partial charge in [-0.25, -0.2) is 0 Å². The van der Waals surface area contributed by atoms with Crippen molar-refractivity contribution >= 4 is 18.0 Å². The highest BCUT2D eigenvalue weighted by atomic mass is 16.1. The van der Waals surface area contributed by atoms with Gasteiger partial charge in [0.2, 0.25) is 0 Å². The van der Waals surface area contributed by atoms with E-state index in [1.807, 2.05) is 0 Å². The van der Waals surface area contributed by atoms with Crippen molar-refractivity contribution in [3.8, 4) is 0 Å². The normalized spacial score (nSPS) is 9.00. The monoisotopic (exact) mass is 177 g/mol. The molecule has 1 radical (unpaired) electrons. The van der Waals surface area contributed by atoms with Gasteiger partial charge in [-0.3, -0.25) is 9.59 Å². The number of anilines is 1. The lowest BCUT2D eigenvalue weighted by atomic mass is 10.2. The Morgan fingerprint density at radius 3 is 2.38 bits per heavy atom. The first-order valence-corrected chi connectivity index (χ1v) is 3.73. The summed E-state index contributed by atoms with van der Waals surface area (Å²) in [5, 5.41) is 4.85. The van der Waals surface area contributed by atoms with Gasteiger partial charge in [0, 0.05) is 18.3 Å². The number of carbonyl (C=O) groups excluding carboxylic acids is 2. The molecule has 4 nitrogen and oxygen atoms in total. The van der Waals surface area contributed by atoms with Crippen LogP contribution in [0.1, 0.15) is 10.4 Å². The first kappa shape index (κ1) is 9.25. The molecule has 0 saturated heterocycles. The van der Waals surface area contributed by atoms with Gasteiger partial charge in [0.1, 0.15) is 0 Å². The molecule has 1 aromatic rings. The molecule has 0 unspecified atom stereocenters. The molecule has 0 spiro atoms. The van der Waals surface area contributed by atoms with E-state index >= 15 is 0 Å². The third kappa shape index (κ3) is 2.30. The lowest BCUT2D eigenvalue weighted by Crippen LogP contribution is -2.17. The van der Waals surface area contributed by atoms with Crippen LogP contribution in [0.25, 0.3) is 0 Å². The molecule has 1 rings (SSSR count). The predicted octanol–water partition coefficient (Wildman–Crippen LogP) is 0.525. The van der Waals surface area contributed by atoms with E-state index in [4.69, 9.17) is 0 Å². The Morgan fingerprint density at radius 1 is 1.31 bits per heavy atom. The first-order chi connectivity index (χ1) is 6.27. The predicted molar refractivity (Wildman–Crippen MR) is 49.1 cm³/mol. The summed E-state index contributed by atoms with van der Waals surface area (Å²) in [4.78, 5) is 21.0. The lowest BCUT2D eigenvalue weighted by Gasteiger charge is -2.00. The molecule has 13 heavy (non-hydrogen) atoms. The van der Waals surface area contributed by atoms with Crippen LogP contribution < -0.4 is 10.6 Å². The number of rotatable bonds is 3. The maximum absolute atomic E-state index is 11.1. The third-order valence-electron chi connectivity index (χ3n) is 1.57. The van der Waals surface area contributed by atoms with Crippen molar-refractivity contribution in [2.45, 2.75) is 0 Å². The number of nitrogens with one attached hydrogen (secondary N) is 2. The molecular formula is C9H9N2O2. The van der Waals surface area contributed by atoms with E-state index in [-0.39, 0.29) is 5.91 Å². The molecule has 0 aliphatic carbocycles. The molecule has 0 fully saturated rings. The van der Waals surface area contributed by atoms with E-state index in [0.717, 1.165) is 0 Å². The Labute approximate surface area is 75.9 Å². The van der Waals surface area contributed by atoms with Gasteiger partial charge in [-0.2, -0.15) is 0 Å². The molecular weight excluding hydrogens is 168 g/mol. The quantitative estimate of drug-likeness (QED) is 0.661. The standard InChI is InChI=1S/C9H9N2O2/c1-10-9(13)7-2-4-8(5-3-7)11-6-12/h2-5H,1H3,(H,10,13)(H,11,12). The minimum atomic E-state index is -0.151. The molecule has 0 bridgehead atoms. The van der Waals surface area contributed by atoms with Gasteiger partial charge in [-0.15, -0.1) is 0 Å². The van der Waals surface area contributed by atoms with Gasteiger partial charge in [0.25, 0.3) is 5.91 Å². The van der Waals surface area contributed by atoms with Gasteiger partial charge >= 0.3 is 6.41 Å². The van der Waals surface area contributed by atoms with Crippen LogP contribution in [0.5, 0.6) is 0 Å². The molecule has 2 amide bonds. The van der Waals surface area contributed by atoms with Crippen LogP contribution in [0.3, 0.4) is 0 Å². The summed E-state index contributed by atoms with van der Waals surface area (Å²) in [6, 6.07) is 6.52. The second-order valence-electron chi connectivity index (χ2n) is 2.38. The van der Waals surface area contributed by atoms with Gasteiger partial charge < -0.3 is 10.6 Å². The summed E-state index contributed by atoms with van der Waals surface area (Å²) < 4.78 is 0. The first-order valence-electron chi connectivity index (χ1n) is 3.73. The summed E-state index contributed by atoms with van der Waals surface area (Å²) in [5.74, 6) is -0.151. The highest BCUT2D eigenvalue weighted by Gasteiger charge is 2.01. The summed E-state index contributed by atoms with van der Waals surface area (Å²) in [6.07, 6.45) is 1.55. The Kier molecular flexibility index (Phi) is 3.03. The van der Waals surface area contributed by atoms with Crippen molar-refractivity contribution in [2.75, 3.05) is 12.4 Å². The van der Waals surface area contributed by atoms with Gasteiger partial charge in [0.05, 0.1) is 0 Å². The van der Waals surface area contributed by atoms with Crippen molar-refractivity contribution in [1.29, 1.82) is 0 Å². The fraction of sp³-hybridized carbons (Fsp3) is 0.111. The Hall–Kier alpha value is -1.84. The average molecular weight is 177 g/mol. The van der Waals surface area contributed by atoms with Crippen molar-refractivity contribution in [2.24, 2.45) is 0 Å². The number of amides is 2. The van der Waals surface area contributed by atoms with E-state index in [0.29, 0.717) is 11.3 Å². The topological polar surface area (TPSA) is 58.2 Å². The Balaban J connectivity index is 2.80. The lowest BCUT2D eigenvalue weighted by molar-refractivity contribution is 0.0963. The maximum atomic E-state index is 11.1. The van der Waals surface area contributed by atoms with Crippen molar-refractivity contribution < 1.29 is 9.59 Å². The minimum Gasteiger partial charge on any atom is -0.355 e. The highest BCUT2D eigenvalue weighted by Crippen LogP contribution is 2.07. The largest absolute Gasteiger partial charge is 0.355 e. The smallest absolute Gasteiger partial charge is 0.314 e. The fourth-order valence-electron chi connectivity index (χ4n) is 0.908. The zero-order chi connectivity index (χ0) is 9.68. The van der Waals surface area contributed by atoms with Gasteiger partial charge in [-0.05, 0) is 24.3 Å². The van der Waals surface area contributed by atoms with E-state index in [9.17, 15) is 9.59 Å². The van der Waals surface area contributed by atoms with E-state index in [1.165, 1.54) is 0 Å². The second kappa shape index (κ2) is 4.25. The maximum Gasteiger partial charge on any atom is 0.314 e. The molecule has 0 heterocycles. The molecule has 0 aliphatic rings. The number of hydrogen-bond donors (Lipinski definition) is 2. The van der Waals surface area contributed by atoms with Crippen molar-refractivity contribution in [1.82, 2.24) is 5.32 Å².